The predicted octanol–water partition coefficient (Wildman–Crippen LogP) is 2.91. The summed E-state index contributed by atoms with van der Waals surface area (Å²) in [6.45, 7) is 3.57. The van der Waals surface area contributed by atoms with Gasteiger partial charge in [-0.3, -0.25) is 9.59 Å². The third-order valence-corrected chi connectivity index (χ3v) is 4.96. The van der Waals surface area contributed by atoms with E-state index >= 15 is 0 Å². The molecule has 2 aromatic rings. The smallest absolute Gasteiger partial charge is 0.341 e. The van der Waals surface area contributed by atoms with E-state index in [-0.39, 0.29) is 24.0 Å². The Hall–Kier alpha value is -2.19. The van der Waals surface area contributed by atoms with Crippen LogP contribution in [0.15, 0.2) is 16.8 Å². The summed E-state index contributed by atoms with van der Waals surface area (Å²) in [5.74, 6) is -1.20. The molecule has 0 saturated carbocycles. The molecule has 0 bridgehead atoms. The van der Waals surface area contributed by atoms with E-state index in [4.69, 9.17) is 4.74 Å². The Bertz CT molecular complexity index is 735. The Labute approximate surface area is 141 Å². The molecule has 0 saturated heterocycles. The molecule has 2 amide bonds. The van der Waals surface area contributed by atoms with Gasteiger partial charge in [0, 0.05) is 12.4 Å². The Morgan fingerprint density at radius 2 is 2.00 bits per heavy atom. The average Bonchev–Trinajstić information content (AvgIpc) is 3.15. The van der Waals surface area contributed by atoms with Crippen LogP contribution in [0.5, 0.6) is 0 Å². The minimum absolute atomic E-state index is 0.210. The van der Waals surface area contributed by atoms with Gasteiger partial charge in [0.2, 0.25) is 0 Å². The molecule has 0 aliphatic rings. The zero-order chi connectivity index (χ0) is 17.0. The number of rotatable bonds is 5. The first-order valence-electron chi connectivity index (χ1n) is 6.85. The van der Waals surface area contributed by atoms with Crippen LogP contribution in [-0.4, -0.2) is 31.4 Å². The van der Waals surface area contributed by atoms with Crippen molar-refractivity contribution in [2.24, 2.45) is 0 Å². The molecule has 0 unspecified atom stereocenters. The second-order valence-corrected chi connectivity index (χ2v) is 6.33. The van der Waals surface area contributed by atoms with E-state index < -0.39 is 5.97 Å². The van der Waals surface area contributed by atoms with Gasteiger partial charge in [-0.25, -0.2) is 4.79 Å². The van der Waals surface area contributed by atoms with Crippen LogP contribution in [0.3, 0.4) is 0 Å². The van der Waals surface area contributed by atoms with Crippen molar-refractivity contribution in [1.29, 1.82) is 0 Å². The highest BCUT2D eigenvalue weighted by molar-refractivity contribution is 7.18. The van der Waals surface area contributed by atoms with E-state index in [0.717, 1.165) is 11.3 Å². The molecule has 0 aromatic carbocycles. The second-order valence-electron chi connectivity index (χ2n) is 4.53. The Kier molecular flexibility index (Phi) is 5.51. The second kappa shape index (κ2) is 7.38. The lowest BCUT2D eigenvalue weighted by Crippen LogP contribution is -2.18. The predicted molar refractivity (Wildman–Crippen MR) is 90.7 cm³/mol. The molecule has 23 heavy (non-hydrogen) atoms. The van der Waals surface area contributed by atoms with Gasteiger partial charge in [0.25, 0.3) is 11.8 Å². The zero-order valence-electron chi connectivity index (χ0n) is 12.9. The first kappa shape index (κ1) is 17.2. The Morgan fingerprint density at radius 1 is 1.26 bits per heavy atom. The summed E-state index contributed by atoms with van der Waals surface area (Å²) < 4.78 is 5.04. The van der Waals surface area contributed by atoms with E-state index in [1.54, 1.807) is 30.7 Å². The fourth-order valence-corrected chi connectivity index (χ4v) is 3.72. The molecule has 0 radical (unpaired) electrons. The molecule has 0 aliphatic heterocycles. The quantitative estimate of drug-likeness (QED) is 0.811. The average molecular weight is 352 g/mol. The number of hydrogen-bond acceptors (Lipinski definition) is 6. The van der Waals surface area contributed by atoms with Crippen molar-refractivity contribution in [1.82, 2.24) is 5.32 Å². The lowest BCUT2D eigenvalue weighted by molar-refractivity contribution is 0.0527. The van der Waals surface area contributed by atoms with Crippen LogP contribution in [0.4, 0.5) is 5.00 Å². The van der Waals surface area contributed by atoms with Crippen LogP contribution in [0.25, 0.3) is 0 Å². The standard InChI is InChI=1S/C15H16N2O4S2/c1-4-21-15(20)10-8(2)11(13(19)16-3)23-14(10)17-12(18)9-5-6-22-7-9/h5-7H,4H2,1-3H3,(H,16,19)(H,17,18). The summed E-state index contributed by atoms with van der Waals surface area (Å²) in [7, 11) is 1.51. The SMILES string of the molecule is CCOC(=O)c1c(NC(=O)c2ccsc2)sc(C(=O)NC)c1C. The van der Waals surface area contributed by atoms with E-state index in [1.807, 2.05) is 0 Å². The van der Waals surface area contributed by atoms with Gasteiger partial charge in [0.15, 0.2) is 0 Å². The lowest BCUT2D eigenvalue weighted by Gasteiger charge is -2.06. The molecule has 2 N–H and O–H groups in total. The fraction of sp³-hybridized carbons (Fsp3) is 0.267. The molecule has 0 atom stereocenters. The molecule has 122 valence electrons. The number of carbonyl (C=O) groups is 3. The van der Waals surface area contributed by atoms with Gasteiger partial charge in [-0.05, 0) is 30.9 Å². The van der Waals surface area contributed by atoms with Gasteiger partial charge in [-0.15, -0.1) is 11.3 Å². The summed E-state index contributed by atoms with van der Waals surface area (Å²) >= 11 is 2.46. The van der Waals surface area contributed by atoms with Crippen molar-refractivity contribution >= 4 is 45.5 Å². The number of anilines is 1. The number of esters is 1. The van der Waals surface area contributed by atoms with Gasteiger partial charge < -0.3 is 15.4 Å². The Balaban J connectivity index is 2.42. The maximum atomic E-state index is 12.2. The molecule has 0 fully saturated rings. The maximum Gasteiger partial charge on any atom is 0.341 e. The van der Waals surface area contributed by atoms with Crippen molar-refractivity contribution in [2.45, 2.75) is 13.8 Å². The minimum Gasteiger partial charge on any atom is -0.462 e. The van der Waals surface area contributed by atoms with Gasteiger partial charge in [0.05, 0.1) is 22.6 Å². The van der Waals surface area contributed by atoms with E-state index in [9.17, 15) is 14.4 Å². The normalized spacial score (nSPS) is 10.2. The van der Waals surface area contributed by atoms with Crippen molar-refractivity contribution < 1.29 is 19.1 Å². The number of amides is 2. The van der Waals surface area contributed by atoms with Crippen molar-refractivity contribution in [3.05, 3.63) is 38.4 Å². The lowest BCUT2D eigenvalue weighted by atomic mass is 10.1. The highest BCUT2D eigenvalue weighted by Crippen LogP contribution is 2.34. The first-order valence-corrected chi connectivity index (χ1v) is 8.61. The van der Waals surface area contributed by atoms with Gasteiger partial charge in [-0.2, -0.15) is 11.3 Å². The molecule has 2 heterocycles. The Morgan fingerprint density at radius 3 is 2.57 bits per heavy atom. The van der Waals surface area contributed by atoms with Crippen LogP contribution in [0, 0.1) is 6.92 Å². The summed E-state index contributed by atoms with van der Waals surface area (Å²) in [6.07, 6.45) is 0. The van der Waals surface area contributed by atoms with Crippen molar-refractivity contribution in [3.8, 4) is 0 Å². The largest absolute Gasteiger partial charge is 0.462 e. The highest BCUT2D eigenvalue weighted by Gasteiger charge is 2.26. The molecule has 0 spiro atoms. The van der Waals surface area contributed by atoms with E-state index in [2.05, 4.69) is 10.6 Å². The van der Waals surface area contributed by atoms with Crippen molar-refractivity contribution in [3.63, 3.8) is 0 Å². The van der Waals surface area contributed by atoms with Gasteiger partial charge >= 0.3 is 5.97 Å². The summed E-state index contributed by atoms with van der Waals surface area (Å²) in [5.41, 5.74) is 1.21. The van der Waals surface area contributed by atoms with E-state index in [1.165, 1.54) is 18.4 Å². The summed E-state index contributed by atoms with van der Waals surface area (Å²) in [4.78, 5) is 36.7. The van der Waals surface area contributed by atoms with Crippen LogP contribution >= 0.6 is 22.7 Å². The summed E-state index contributed by atoms with van der Waals surface area (Å²) in [5, 5.41) is 9.03. The van der Waals surface area contributed by atoms with Crippen LogP contribution < -0.4 is 10.6 Å². The molecule has 8 heteroatoms. The van der Waals surface area contributed by atoms with Crippen LogP contribution in [-0.2, 0) is 4.74 Å². The topological polar surface area (TPSA) is 84.5 Å². The molecule has 6 nitrogen and oxygen atoms in total. The van der Waals surface area contributed by atoms with Gasteiger partial charge in [-0.1, -0.05) is 0 Å². The third-order valence-electron chi connectivity index (χ3n) is 3.07. The molecule has 0 aliphatic carbocycles. The van der Waals surface area contributed by atoms with Gasteiger partial charge in [0.1, 0.15) is 5.00 Å². The van der Waals surface area contributed by atoms with E-state index in [0.29, 0.717) is 21.0 Å². The zero-order valence-corrected chi connectivity index (χ0v) is 14.5. The first-order chi connectivity index (χ1) is 11.0. The molecule has 2 rings (SSSR count). The number of ether oxygens (including phenoxy) is 1. The minimum atomic E-state index is -0.558. The van der Waals surface area contributed by atoms with Crippen molar-refractivity contribution in [2.75, 3.05) is 19.0 Å². The molecular formula is C15H16N2O4S2. The number of carbonyl (C=O) groups excluding carboxylic acids is 3. The maximum absolute atomic E-state index is 12.2. The highest BCUT2D eigenvalue weighted by atomic mass is 32.1. The number of hydrogen-bond donors (Lipinski definition) is 2. The number of thiophene rings is 2. The monoisotopic (exact) mass is 352 g/mol. The molecule has 2 aromatic heterocycles. The number of nitrogens with one attached hydrogen (secondary N) is 2. The summed E-state index contributed by atoms with van der Waals surface area (Å²) in [6, 6.07) is 1.68. The van der Waals surface area contributed by atoms with Crippen LogP contribution in [0.1, 0.15) is 42.9 Å². The third kappa shape index (κ3) is 3.59. The molecular weight excluding hydrogens is 336 g/mol. The van der Waals surface area contributed by atoms with Crippen LogP contribution in [0.2, 0.25) is 0 Å². The fourth-order valence-electron chi connectivity index (χ4n) is 1.95.